The van der Waals surface area contributed by atoms with Crippen molar-refractivity contribution in [2.45, 2.75) is 103 Å². The fraction of sp³-hybridized carbons (Fsp3) is 0.704. The van der Waals surface area contributed by atoms with Crippen LogP contribution in [-0.2, 0) is 20.0 Å². The van der Waals surface area contributed by atoms with Gasteiger partial charge in [0.05, 0.1) is 17.5 Å². The molecule has 1 fully saturated rings. The molecule has 2 rings (SSSR count). The zero-order valence-corrected chi connectivity index (χ0v) is 23.9. The number of hydrogen-bond donors (Lipinski definition) is 4. The van der Waals surface area contributed by atoms with Gasteiger partial charge in [-0.25, -0.2) is 8.42 Å². The molecular weight excluding hydrogens is 478 g/mol. The predicted molar refractivity (Wildman–Crippen MR) is 144 cm³/mol. The number of sulfone groups is 1. The van der Waals surface area contributed by atoms with E-state index in [2.05, 4.69) is 36.7 Å². The Morgan fingerprint density at radius 1 is 1.08 bits per heavy atom. The van der Waals surface area contributed by atoms with Crippen LogP contribution in [0.1, 0.15) is 90.6 Å². The van der Waals surface area contributed by atoms with E-state index in [1.807, 2.05) is 20.8 Å². The SMILES string of the molecule is CC(C)S(=O)(=O)C[C@@H]1C[C@H](NC(C)(C)C)CC[C@@H]1NC(=O)CNC(=O)c1ccc(O)c(C(C)(C)C)c1. The Labute approximate surface area is 216 Å². The summed E-state index contributed by atoms with van der Waals surface area (Å²) in [6.07, 6.45) is 2.15. The second-order valence-electron chi connectivity index (χ2n) is 12.4. The number of phenols is 1. The van der Waals surface area contributed by atoms with E-state index in [9.17, 15) is 23.1 Å². The normalized spacial score (nSPS) is 21.3. The monoisotopic (exact) mass is 523 g/mol. The molecule has 0 spiro atoms. The van der Waals surface area contributed by atoms with Gasteiger partial charge in [0.2, 0.25) is 5.91 Å². The number of phenolic OH excluding ortho intramolecular Hbond substituents is 1. The molecule has 1 saturated carbocycles. The highest BCUT2D eigenvalue weighted by molar-refractivity contribution is 7.91. The Kier molecular flexibility index (Phi) is 9.62. The van der Waals surface area contributed by atoms with Crippen molar-refractivity contribution in [3.63, 3.8) is 0 Å². The van der Waals surface area contributed by atoms with Crippen LogP contribution < -0.4 is 16.0 Å². The van der Waals surface area contributed by atoms with Crippen LogP contribution in [0, 0.1) is 5.92 Å². The maximum absolute atomic E-state index is 12.8. The third-order valence-corrected chi connectivity index (χ3v) is 8.94. The summed E-state index contributed by atoms with van der Waals surface area (Å²) in [7, 11) is -3.28. The molecule has 0 unspecified atom stereocenters. The van der Waals surface area contributed by atoms with Gasteiger partial charge in [-0.05, 0) is 83.4 Å². The minimum absolute atomic E-state index is 0.0212. The molecule has 0 radical (unpaired) electrons. The standard InChI is InChI=1S/C27H45N3O5S/c1-17(2)36(34,35)16-19-13-20(30-27(6,7)8)10-11-22(19)29-24(32)15-28-25(33)18-9-12-23(31)21(14-18)26(3,4)5/h9,12,14,17,19-20,22,30-31H,10-11,13,15-16H2,1-8H3,(H,28,33)(H,29,32)/t19-,20+,22-/m0/s1. The maximum Gasteiger partial charge on any atom is 0.251 e. The zero-order chi connectivity index (χ0) is 27.5. The van der Waals surface area contributed by atoms with Crippen LogP contribution in [0.15, 0.2) is 18.2 Å². The second-order valence-corrected chi connectivity index (χ2v) is 15.0. The molecule has 1 aliphatic rings. The third-order valence-electron chi connectivity index (χ3n) is 6.61. The zero-order valence-electron chi connectivity index (χ0n) is 23.1. The Balaban J connectivity index is 2.05. The van der Waals surface area contributed by atoms with Crippen molar-refractivity contribution < 1.29 is 23.1 Å². The van der Waals surface area contributed by atoms with E-state index in [0.29, 0.717) is 24.0 Å². The first-order valence-electron chi connectivity index (χ1n) is 12.8. The van der Waals surface area contributed by atoms with Crippen molar-refractivity contribution in [3.05, 3.63) is 29.3 Å². The van der Waals surface area contributed by atoms with Crippen LogP contribution in [0.4, 0.5) is 0 Å². The van der Waals surface area contributed by atoms with Crippen molar-refractivity contribution in [1.29, 1.82) is 0 Å². The molecule has 0 saturated heterocycles. The second kappa shape index (κ2) is 11.5. The van der Waals surface area contributed by atoms with Gasteiger partial charge in [0.15, 0.2) is 9.84 Å². The quantitative estimate of drug-likeness (QED) is 0.415. The number of hydrogen-bond acceptors (Lipinski definition) is 6. The third kappa shape index (κ3) is 8.76. The number of carbonyl (C=O) groups excluding carboxylic acids is 2. The first-order chi connectivity index (χ1) is 16.4. The molecule has 9 heteroatoms. The van der Waals surface area contributed by atoms with E-state index >= 15 is 0 Å². The van der Waals surface area contributed by atoms with Gasteiger partial charge in [-0.3, -0.25) is 9.59 Å². The molecule has 0 aliphatic heterocycles. The molecule has 36 heavy (non-hydrogen) atoms. The van der Waals surface area contributed by atoms with Gasteiger partial charge in [-0.15, -0.1) is 0 Å². The highest BCUT2D eigenvalue weighted by atomic mass is 32.2. The first-order valence-corrected chi connectivity index (χ1v) is 14.5. The molecule has 1 aromatic carbocycles. The van der Waals surface area contributed by atoms with Gasteiger partial charge in [0, 0.05) is 28.7 Å². The molecule has 2 amide bonds. The van der Waals surface area contributed by atoms with Crippen molar-refractivity contribution in [1.82, 2.24) is 16.0 Å². The Bertz CT molecular complexity index is 1040. The van der Waals surface area contributed by atoms with Crippen LogP contribution in [0.3, 0.4) is 0 Å². The number of benzene rings is 1. The predicted octanol–water partition coefficient (Wildman–Crippen LogP) is 3.28. The molecule has 204 valence electrons. The fourth-order valence-corrected chi connectivity index (χ4v) is 6.02. The highest BCUT2D eigenvalue weighted by Crippen LogP contribution is 2.31. The molecule has 0 bridgehead atoms. The topological polar surface area (TPSA) is 125 Å². The van der Waals surface area contributed by atoms with Crippen LogP contribution in [0.2, 0.25) is 0 Å². The van der Waals surface area contributed by atoms with Gasteiger partial charge in [-0.2, -0.15) is 0 Å². The van der Waals surface area contributed by atoms with Crippen LogP contribution in [-0.4, -0.2) is 60.5 Å². The van der Waals surface area contributed by atoms with Crippen molar-refractivity contribution in [2.24, 2.45) is 5.92 Å². The minimum atomic E-state index is -3.28. The van der Waals surface area contributed by atoms with Crippen molar-refractivity contribution in [3.8, 4) is 5.75 Å². The van der Waals surface area contributed by atoms with E-state index in [-0.39, 0.29) is 52.9 Å². The van der Waals surface area contributed by atoms with E-state index < -0.39 is 21.0 Å². The summed E-state index contributed by atoms with van der Waals surface area (Å²) in [5, 5.41) is 18.8. The Hall–Kier alpha value is -2.13. The summed E-state index contributed by atoms with van der Waals surface area (Å²) >= 11 is 0. The summed E-state index contributed by atoms with van der Waals surface area (Å²) in [4.78, 5) is 25.4. The lowest BCUT2D eigenvalue weighted by atomic mass is 9.81. The lowest BCUT2D eigenvalue weighted by Gasteiger charge is -2.39. The van der Waals surface area contributed by atoms with Crippen LogP contribution in [0.5, 0.6) is 5.75 Å². The number of carbonyl (C=O) groups is 2. The van der Waals surface area contributed by atoms with Gasteiger partial charge < -0.3 is 21.1 Å². The van der Waals surface area contributed by atoms with Crippen molar-refractivity contribution >= 4 is 21.7 Å². The first kappa shape index (κ1) is 30.1. The molecule has 4 N–H and O–H groups in total. The van der Waals surface area contributed by atoms with E-state index in [1.54, 1.807) is 19.9 Å². The van der Waals surface area contributed by atoms with E-state index in [4.69, 9.17) is 0 Å². The molecule has 1 aliphatic carbocycles. The van der Waals surface area contributed by atoms with Gasteiger partial charge in [-0.1, -0.05) is 20.8 Å². The molecular formula is C27H45N3O5S. The fourth-order valence-electron chi connectivity index (χ4n) is 4.67. The van der Waals surface area contributed by atoms with Crippen LogP contribution >= 0.6 is 0 Å². The van der Waals surface area contributed by atoms with Gasteiger partial charge >= 0.3 is 0 Å². The van der Waals surface area contributed by atoms with Crippen molar-refractivity contribution in [2.75, 3.05) is 12.3 Å². The number of nitrogens with one attached hydrogen (secondary N) is 3. The average Bonchev–Trinajstić information content (AvgIpc) is 2.72. The van der Waals surface area contributed by atoms with E-state index in [0.717, 1.165) is 6.42 Å². The number of amides is 2. The maximum atomic E-state index is 12.8. The highest BCUT2D eigenvalue weighted by Gasteiger charge is 2.36. The smallest absolute Gasteiger partial charge is 0.251 e. The lowest BCUT2D eigenvalue weighted by molar-refractivity contribution is -0.121. The molecule has 3 atom stereocenters. The number of rotatable bonds is 8. The summed E-state index contributed by atoms with van der Waals surface area (Å²) in [6, 6.07) is 4.55. The lowest BCUT2D eigenvalue weighted by Crippen LogP contribution is -2.54. The molecule has 1 aromatic rings. The Morgan fingerprint density at radius 3 is 2.28 bits per heavy atom. The molecule has 0 heterocycles. The summed E-state index contributed by atoms with van der Waals surface area (Å²) in [6.45, 7) is 15.2. The summed E-state index contributed by atoms with van der Waals surface area (Å²) in [5.41, 5.74) is 0.576. The van der Waals surface area contributed by atoms with Gasteiger partial charge in [0.1, 0.15) is 5.75 Å². The summed E-state index contributed by atoms with van der Waals surface area (Å²) in [5.74, 6) is -0.828. The number of aromatic hydroxyl groups is 1. The largest absolute Gasteiger partial charge is 0.508 e. The average molecular weight is 524 g/mol. The minimum Gasteiger partial charge on any atom is -0.508 e. The molecule has 8 nitrogen and oxygen atoms in total. The van der Waals surface area contributed by atoms with E-state index in [1.165, 1.54) is 12.1 Å². The molecule has 0 aromatic heterocycles. The van der Waals surface area contributed by atoms with Crippen LogP contribution in [0.25, 0.3) is 0 Å². The summed E-state index contributed by atoms with van der Waals surface area (Å²) < 4.78 is 25.4. The van der Waals surface area contributed by atoms with Gasteiger partial charge in [0.25, 0.3) is 5.91 Å². The Morgan fingerprint density at radius 2 is 1.72 bits per heavy atom.